The first-order valence-electron chi connectivity index (χ1n) is 6.75. The molecule has 21 heavy (non-hydrogen) atoms. The monoisotopic (exact) mass is 306 g/mol. The second kappa shape index (κ2) is 5.54. The van der Waals surface area contributed by atoms with Crippen molar-refractivity contribution in [3.63, 3.8) is 0 Å². The SMILES string of the molecule is O=C(OCC1(CO)CCc2ccc(Cl)cc21)c1ccco1. The molecule has 1 aliphatic carbocycles. The summed E-state index contributed by atoms with van der Waals surface area (Å²) in [5, 5.41) is 10.5. The van der Waals surface area contributed by atoms with Crippen LogP contribution in [0, 0.1) is 0 Å². The number of ether oxygens (including phenoxy) is 1. The number of carbonyl (C=O) groups is 1. The van der Waals surface area contributed by atoms with Crippen molar-refractivity contribution in [2.24, 2.45) is 0 Å². The van der Waals surface area contributed by atoms with E-state index in [0.29, 0.717) is 5.02 Å². The largest absolute Gasteiger partial charge is 0.459 e. The highest BCUT2D eigenvalue weighted by molar-refractivity contribution is 6.30. The number of esters is 1. The predicted octanol–water partition coefficient (Wildman–Crippen LogP) is 2.97. The first kappa shape index (κ1) is 14.2. The van der Waals surface area contributed by atoms with E-state index >= 15 is 0 Å². The van der Waals surface area contributed by atoms with Crippen molar-refractivity contribution < 1.29 is 19.1 Å². The number of rotatable bonds is 4. The van der Waals surface area contributed by atoms with Gasteiger partial charge in [0.25, 0.3) is 0 Å². The van der Waals surface area contributed by atoms with Crippen molar-refractivity contribution in [3.05, 3.63) is 58.5 Å². The van der Waals surface area contributed by atoms with E-state index in [-0.39, 0.29) is 19.0 Å². The van der Waals surface area contributed by atoms with Crippen LogP contribution in [0.5, 0.6) is 0 Å². The van der Waals surface area contributed by atoms with Gasteiger partial charge in [-0.3, -0.25) is 0 Å². The molecule has 1 unspecified atom stereocenters. The zero-order valence-electron chi connectivity index (χ0n) is 11.3. The van der Waals surface area contributed by atoms with Crippen molar-refractivity contribution in [3.8, 4) is 0 Å². The Morgan fingerprint density at radius 1 is 1.43 bits per heavy atom. The van der Waals surface area contributed by atoms with Crippen molar-refractivity contribution in [2.45, 2.75) is 18.3 Å². The van der Waals surface area contributed by atoms with Crippen LogP contribution in [0.25, 0.3) is 0 Å². The molecule has 1 heterocycles. The fourth-order valence-corrected chi connectivity index (χ4v) is 2.97. The van der Waals surface area contributed by atoms with E-state index in [1.165, 1.54) is 6.26 Å². The van der Waals surface area contributed by atoms with E-state index in [1.54, 1.807) is 12.1 Å². The molecule has 1 N–H and O–H groups in total. The van der Waals surface area contributed by atoms with Crippen LogP contribution < -0.4 is 0 Å². The highest BCUT2D eigenvalue weighted by atomic mass is 35.5. The lowest BCUT2D eigenvalue weighted by Crippen LogP contribution is -2.34. The number of carbonyl (C=O) groups excluding carboxylic acids is 1. The van der Waals surface area contributed by atoms with E-state index in [9.17, 15) is 9.90 Å². The normalized spacial score (nSPS) is 20.3. The van der Waals surface area contributed by atoms with E-state index in [1.807, 2.05) is 18.2 Å². The molecule has 4 nitrogen and oxygen atoms in total. The highest BCUT2D eigenvalue weighted by Crippen LogP contribution is 2.40. The summed E-state index contributed by atoms with van der Waals surface area (Å²) >= 11 is 6.05. The molecule has 1 atom stereocenters. The molecular weight excluding hydrogens is 292 g/mol. The van der Waals surface area contributed by atoms with Crippen molar-refractivity contribution in [1.29, 1.82) is 0 Å². The van der Waals surface area contributed by atoms with Crippen LogP contribution >= 0.6 is 11.6 Å². The van der Waals surface area contributed by atoms with E-state index in [4.69, 9.17) is 20.8 Å². The molecule has 0 fully saturated rings. The minimum Gasteiger partial charge on any atom is -0.459 e. The smallest absolute Gasteiger partial charge is 0.374 e. The number of aliphatic hydroxyl groups excluding tert-OH is 1. The number of aryl methyl sites for hydroxylation is 1. The van der Waals surface area contributed by atoms with Gasteiger partial charge in [-0.1, -0.05) is 17.7 Å². The molecule has 110 valence electrons. The highest BCUT2D eigenvalue weighted by Gasteiger charge is 2.40. The maximum absolute atomic E-state index is 11.9. The Morgan fingerprint density at radius 2 is 2.29 bits per heavy atom. The van der Waals surface area contributed by atoms with Crippen LogP contribution in [-0.4, -0.2) is 24.3 Å². The molecule has 0 aliphatic heterocycles. The molecule has 1 aliphatic rings. The van der Waals surface area contributed by atoms with Crippen LogP contribution in [0.3, 0.4) is 0 Å². The minimum absolute atomic E-state index is 0.0915. The first-order chi connectivity index (χ1) is 10.1. The number of fused-ring (bicyclic) bond motifs is 1. The number of hydrogen-bond acceptors (Lipinski definition) is 4. The lowest BCUT2D eigenvalue weighted by Gasteiger charge is -2.27. The van der Waals surface area contributed by atoms with Gasteiger partial charge in [0.05, 0.1) is 18.3 Å². The lowest BCUT2D eigenvalue weighted by molar-refractivity contribution is 0.0286. The predicted molar refractivity (Wildman–Crippen MR) is 77.5 cm³/mol. The summed E-state index contributed by atoms with van der Waals surface area (Å²) in [4.78, 5) is 11.9. The Labute approximate surface area is 127 Å². The van der Waals surface area contributed by atoms with Crippen molar-refractivity contribution in [1.82, 2.24) is 0 Å². The Balaban J connectivity index is 1.80. The molecule has 1 aromatic carbocycles. The van der Waals surface area contributed by atoms with Crippen LogP contribution in [-0.2, 0) is 16.6 Å². The molecule has 0 saturated carbocycles. The Morgan fingerprint density at radius 3 is 3.00 bits per heavy atom. The Kier molecular flexibility index (Phi) is 3.74. The molecular formula is C16H15ClO4. The molecule has 1 aromatic heterocycles. The standard InChI is InChI=1S/C16H15ClO4/c17-12-4-3-11-5-6-16(9-18,13(11)8-12)10-21-15(19)14-2-1-7-20-14/h1-4,7-8,18H,5-6,9-10H2. The van der Waals surface area contributed by atoms with Crippen LogP contribution in [0.15, 0.2) is 41.0 Å². The maximum Gasteiger partial charge on any atom is 0.374 e. The zero-order chi connectivity index (χ0) is 14.9. The van der Waals surface area contributed by atoms with Gasteiger partial charge in [-0.15, -0.1) is 0 Å². The number of furan rings is 1. The average molecular weight is 307 g/mol. The van der Waals surface area contributed by atoms with Crippen LogP contribution in [0.2, 0.25) is 5.02 Å². The van der Waals surface area contributed by atoms with E-state index in [0.717, 1.165) is 24.0 Å². The molecule has 2 aromatic rings. The summed E-state index contributed by atoms with van der Waals surface area (Å²) in [6, 6.07) is 8.82. The minimum atomic E-state index is -0.581. The Hall–Kier alpha value is -1.78. The molecule has 0 spiro atoms. The third kappa shape index (κ3) is 2.57. The van der Waals surface area contributed by atoms with Gasteiger partial charge >= 0.3 is 5.97 Å². The number of halogens is 1. The quantitative estimate of drug-likeness (QED) is 0.882. The maximum atomic E-state index is 11.9. The summed E-state index contributed by atoms with van der Waals surface area (Å²) in [5.41, 5.74) is 1.52. The number of benzene rings is 1. The topological polar surface area (TPSA) is 59.7 Å². The molecule has 3 rings (SSSR count). The number of aliphatic hydroxyl groups is 1. The van der Waals surface area contributed by atoms with Gasteiger partial charge in [0.1, 0.15) is 6.61 Å². The van der Waals surface area contributed by atoms with Crippen molar-refractivity contribution >= 4 is 17.6 Å². The molecule has 5 heteroatoms. The number of hydrogen-bond donors (Lipinski definition) is 1. The average Bonchev–Trinajstić information content (AvgIpc) is 3.13. The van der Waals surface area contributed by atoms with E-state index in [2.05, 4.69) is 0 Å². The zero-order valence-corrected chi connectivity index (χ0v) is 12.1. The van der Waals surface area contributed by atoms with Gasteiger partial charge < -0.3 is 14.3 Å². The van der Waals surface area contributed by atoms with Gasteiger partial charge in [0.2, 0.25) is 5.76 Å². The Bertz CT molecular complexity index is 650. The molecule has 0 saturated heterocycles. The lowest BCUT2D eigenvalue weighted by atomic mass is 9.83. The van der Waals surface area contributed by atoms with Gasteiger partial charge in [-0.2, -0.15) is 0 Å². The third-order valence-corrected chi connectivity index (χ3v) is 4.26. The second-order valence-electron chi connectivity index (χ2n) is 5.29. The van der Waals surface area contributed by atoms with E-state index < -0.39 is 11.4 Å². The molecule has 0 radical (unpaired) electrons. The first-order valence-corrected chi connectivity index (χ1v) is 7.13. The summed E-state index contributed by atoms with van der Waals surface area (Å²) < 4.78 is 10.3. The third-order valence-electron chi connectivity index (χ3n) is 4.02. The summed E-state index contributed by atoms with van der Waals surface area (Å²) in [6.45, 7) is 0.0160. The fourth-order valence-electron chi connectivity index (χ4n) is 2.80. The summed E-state index contributed by atoms with van der Waals surface area (Å²) in [7, 11) is 0. The molecule has 0 bridgehead atoms. The van der Waals surface area contributed by atoms with Crippen molar-refractivity contribution in [2.75, 3.05) is 13.2 Å². The van der Waals surface area contributed by atoms with Crippen LogP contribution in [0.1, 0.15) is 28.1 Å². The van der Waals surface area contributed by atoms with Gasteiger partial charge in [0.15, 0.2) is 0 Å². The molecule has 0 amide bonds. The van der Waals surface area contributed by atoms with Gasteiger partial charge in [-0.25, -0.2) is 4.79 Å². The van der Waals surface area contributed by atoms with Gasteiger partial charge in [0, 0.05) is 5.02 Å². The summed E-state index contributed by atoms with van der Waals surface area (Å²) in [6.07, 6.45) is 2.99. The fraction of sp³-hybridized carbons (Fsp3) is 0.312. The van der Waals surface area contributed by atoms with Gasteiger partial charge in [-0.05, 0) is 48.2 Å². The second-order valence-corrected chi connectivity index (χ2v) is 5.73. The summed E-state index contributed by atoms with van der Waals surface area (Å²) in [5.74, 6) is -0.365. The van der Waals surface area contributed by atoms with Crippen LogP contribution in [0.4, 0.5) is 0 Å².